The molecule has 5 nitrogen and oxygen atoms in total. The van der Waals surface area contributed by atoms with E-state index in [4.69, 9.17) is 4.74 Å². The summed E-state index contributed by atoms with van der Waals surface area (Å²) in [7, 11) is 1.45. The Kier molecular flexibility index (Phi) is 3.96. The number of benzene rings is 1. The van der Waals surface area contributed by atoms with Crippen LogP contribution in [0.2, 0.25) is 0 Å². The Morgan fingerprint density at radius 2 is 2.16 bits per heavy atom. The van der Waals surface area contributed by atoms with E-state index in [-0.39, 0.29) is 24.0 Å². The number of piperidine rings is 1. The predicted octanol–water partition coefficient (Wildman–Crippen LogP) is 2.88. The molecule has 5 heteroatoms. The summed E-state index contributed by atoms with van der Waals surface area (Å²) < 4.78 is 7.31. The Morgan fingerprint density at radius 3 is 2.88 bits per heavy atom. The van der Waals surface area contributed by atoms with Crippen LogP contribution in [-0.2, 0) is 14.3 Å². The van der Waals surface area contributed by atoms with E-state index in [0.717, 1.165) is 35.8 Å². The first kappa shape index (κ1) is 16.1. The van der Waals surface area contributed by atoms with Crippen molar-refractivity contribution in [3.63, 3.8) is 0 Å². The molecule has 1 aromatic heterocycles. The maximum Gasteiger partial charge on any atom is 0.329 e. The molecule has 1 fully saturated rings. The monoisotopic (exact) mass is 338 g/mol. The number of allylic oxidation sites excluding steroid dienone is 1. The SMILES string of the molecule is C/C=C1/CN(CC=O)[C@H]2C[C@@H]1[C@@H](C(=O)OC)n1c2cc2ccccc21. The summed E-state index contributed by atoms with van der Waals surface area (Å²) in [6.07, 6.45) is 3.89. The summed E-state index contributed by atoms with van der Waals surface area (Å²) in [4.78, 5) is 26.1. The number of likely N-dealkylation sites (tertiary alicyclic amines) is 1. The number of aldehydes is 1. The second kappa shape index (κ2) is 6.15. The molecule has 0 saturated carbocycles. The van der Waals surface area contributed by atoms with Crippen LogP contribution in [0.3, 0.4) is 0 Å². The number of esters is 1. The molecule has 2 aromatic rings. The highest BCUT2D eigenvalue weighted by Crippen LogP contribution is 2.49. The summed E-state index contributed by atoms with van der Waals surface area (Å²) in [5.41, 5.74) is 3.35. The first-order chi connectivity index (χ1) is 12.2. The lowest BCUT2D eigenvalue weighted by atomic mass is 9.77. The van der Waals surface area contributed by atoms with Gasteiger partial charge in [-0.15, -0.1) is 0 Å². The number of carbonyl (C=O) groups is 2. The Hall–Kier alpha value is -2.40. The zero-order chi connectivity index (χ0) is 17.6. The van der Waals surface area contributed by atoms with Crippen LogP contribution in [0.5, 0.6) is 0 Å². The van der Waals surface area contributed by atoms with E-state index in [1.54, 1.807) is 0 Å². The number of carbonyl (C=O) groups excluding carboxylic acids is 2. The van der Waals surface area contributed by atoms with Crippen molar-refractivity contribution in [2.24, 2.45) is 5.92 Å². The summed E-state index contributed by atoms with van der Waals surface area (Å²) in [5.74, 6) is -0.0945. The average Bonchev–Trinajstić information content (AvgIpc) is 3.03. The maximum atomic E-state index is 12.7. The summed E-state index contributed by atoms with van der Waals surface area (Å²) in [6.45, 7) is 3.13. The zero-order valence-corrected chi connectivity index (χ0v) is 14.5. The van der Waals surface area contributed by atoms with Crippen molar-refractivity contribution >= 4 is 23.2 Å². The number of hydrogen-bond donors (Lipinski definition) is 0. The molecule has 0 amide bonds. The van der Waals surface area contributed by atoms with Gasteiger partial charge in [0.05, 0.1) is 19.7 Å². The summed E-state index contributed by atoms with van der Waals surface area (Å²) in [6, 6.07) is 10.1. The largest absolute Gasteiger partial charge is 0.467 e. The van der Waals surface area contributed by atoms with Crippen molar-refractivity contribution in [3.05, 3.63) is 47.7 Å². The van der Waals surface area contributed by atoms with Gasteiger partial charge < -0.3 is 14.1 Å². The van der Waals surface area contributed by atoms with Crippen LogP contribution in [-0.4, -0.2) is 41.9 Å². The third-order valence-corrected chi connectivity index (χ3v) is 5.68. The van der Waals surface area contributed by atoms with E-state index in [1.807, 2.05) is 19.1 Å². The quantitative estimate of drug-likeness (QED) is 0.491. The molecule has 0 N–H and O–H groups in total. The van der Waals surface area contributed by atoms with Crippen molar-refractivity contribution in [3.8, 4) is 0 Å². The van der Waals surface area contributed by atoms with Crippen molar-refractivity contribution in [2.75, 3.05) is 20.2 Å². The molecule has 2 aliphatic rings. The average molecular weight is 338 g/mol. The predicted molar refractivity (Wildman–Crippen MR) is 95.2 cm³/mol. The Bertz CT molecular complexity index is 867. The highest BCUT2D eigenvalue weighted by atomic mass is 16.5. The highest BCUT2D eigenvalue weighted by molar-refractivity contribution is 5.86. The van der Waals surface area contributed by atoms with E-state index >= 15 is 0 Å². The molecule has 3 heterocycles. The minimum atomic E-state index is -0.347. The van der Waals surface area contributed by atoms with E-state index in [1.165, 1.54) is 12.7 Å². The van der Waals surface area contributed by atoms with Crippen LogP contribution >= 0.6 is 0 Å². The third-order valence-electron chi connectivity index (χ3n) is 5.68. The Labute approximate surface area is 146 Å². The van der Waals surface area contributed by atoms with Gasteiger partial charge in [-0.1, -0.05) is 29.8 Å². The molecule has 130 valence electrons. The molecule has 0 spiro atoms. The molecule has 0 aliphatic carbocycles. The number of hydrogen-bond acceptors (Lipinski definition) is 4. The zero-order valence-electron chi connectivity index (χ0n) is 14.5. The van der Waals surface area contributed by atoms with Gasteiger partial charge in [-0.05, 0) is 30.9 Å². The van der Waals surface area contributed by atoms with Gasteiger partial charge in [0.1, 0.15) is 12.3 Å². The molecule has 2 aliphatic heterocycles. The molecule has 2 bridgehead atoms. The van der Waals surface area contributed by atoms with Gasteiger partial charge >= 0.3 is 5.97 Å². The number of rotatable bonds is 3. The van der Waals surface area contributed by atoms with E-state index in [9.17, 15) is 9.59 Å². The van der Waals surface area contributed by atoms with Crippen molar-refractivity contribution < 1.29 is 14.3 Å². The van der Waals surface area contributed by atoms with Gasteiger partial charge in [-0.3, -0.25) is 4.90 Å². The first-order valence-electron chi connectivity index (χ1n) is 8.70. The molecular weight excluding hydrogens is 316 g/mol. The Balaban J connectivity index is 1.96. The number of nitrogens with zero attached hydrogens (tertiary/aromatic N) is 2. The first-order valence-corrected chi connectivity index (χ1v) is 8.70. The fraction of sp³-hybridized carbons (Fsp3) is 0.400. The number of methoxy groups -OCH3 is 1. The van der Waals surface area contributed by atoms with Gasteiger partial charge in [-0.25, -0.2) is 4.79 Å². The van der Waals surface area contributed by atoms with Crippen molar-refractivity contribution in [1.82, 2.24) is 9.47 Å². The van der Waals surface area contributed by atoms with E-state index in [0.29, 0.717) is 6.54 Å². The number of ether oxygens (including phenoxy) is 1. The molecular formula is C20H22N2O3. The van der Waals surface area contributed by atoms with Gasteiger partial charge in [0.15, 0.2) is 0 Å². The lowest BCUT2D eigenvalue weighted by Gasteiger charge is -2.47. The molecule has 0 radical (unpaired) electrons. The fourth-order valence-corrected chi connectivity index (χ4v) is 4.57. The molecule has 3 atom stereocenters. The standard InChI is InChI=1S/C20H22N2O3/c1-3-13-12-21(8-9-23)17-11-15(13)19(20(24)25-2)22-16-7-5-4-6-14(16)10-18(17)22/h3-7,9-10,15,17,19H,8,11-12H2,1-2H3/b13-3-/t15-,17-,19-/m0/s1. The minimum Gasteiger partial charge on any atom is -0.467 e. The van der Waals surface area contributed by atoms with E-state index < -0.39 is 0 Å². The minimum absolute atomic E-state index is 0.105. The lowest BCUT2D eigenvalue weighted by molar-refractivity contribution is -0.147. The van der Waals surface area contributed by atoms with E-state index in [2.05, 4.69) is 33.7 Å². The molecule has 1 saturated heterocycles. The van der Waals surface area contributed by atoms with Crippen LogP contribution in [0.15, 0.2) is 42.0 Å². The second-order valence-corrected chi connectivity index (χ2v) is 6.78. The van der Waals surface area contributed by atoms with Crippen LogP contribution < -0.4 is 0 Å². The summed E-state index contributed by atoms with van der Waals surface area (Å²) in [5, 5.41) is 1.12. The highest BCUT2D eigenvalue weighted by Gasteiger charge is 2.46. The van der Waals surface area contributed by atoms with Crippen molar-refractivity contribution in [2.45, 2.75) is 25.4 Å². The normalized spacial score (nSPS) is 27.3. The van der Waals surface area contributed by atoms with Gasteiger partial charge in [0.25, 0.3) is 0 Å². The van der Waals surface area contributed by atoms with Gasteiger partial charge in [0.2, 0.25) is 0 Å². The van der Waals surface area contributed by atoms with Crippen LogP contribution in [0.4, 0.5) is 0 Å². The second-order valence-electron chi connectivity index (χ2n) is 6.78. The van der Waals surface area contributed by atoms with Gasteiger partial charge in [0, 0.05) is 23.7 Å². The maximum absolute atomic E-state index is 12.7. The van der Waals surface area contributed by atoms with Crippen LogP contribution in [0.25, 0.3) is 10.9 Å². The number of fused-ring (bicyclic) bond motifs is 6. The van der Waals surface area contributed by atoms with Crippen molar-refractivity contribution in [1.29, 1.82) is 0 Å². The molecule has 0 unspecified atom stereocenters. The third kappa shape index (κ3) is 2.34. The topological polar surface area (TPSA) is 51.5 Å². The molecule has 4 rings (SSSR count). The van der Waals surface area contributed by atoms with Crippen LogP contribution in [0, 0.1) is 5.92 Å². The molecule has 1 aromatic carbocycles. The number of para-hydroxylation sites is 1. The fourth-order valence-electron chi connectivity index (χ4n) is 4.57. The summed E-state index contributed by atoms with van der Waals surface area (Å²) >= 11 is 0. The molecule has 25 heavy (non-hydrogen) atoms. The van der Waals surface area contributed by atoms with Crippen LogP contribution in [0.1, 0.15) is 31.1 Å². The van der Waals surface area contributed by atoms with Gasteiger partial charge in [-0.2, -0.15) is 0 Å². The Morgan fingerprint density at radius 1 is 1.36 bits per heavy atom. The smallest absolute Gasteiger partial charge is 0.329 e. The number of aromatic nitrogens is 1. The lowest BCUT2D eigenvalue weighted by Crippen LogP contribution is -2.48.